The van der Waals surface area contributed by atoms with E-state index in [0.717, 1.165) is 5.69 Å². The first-order valence-corrected chi connectivity index (χ1v) is 5.99. The van der Waals surface area contributed by atoms with E-state index in [-0.39, 0.29) is 0 Å². The van der Waals surface area contributed by atoms with Crippen LogP contribution in [0.4, 0.5) is 11.6 Å². The number of thioether (sulfide) groups is 1. The van der Waals surface area contributed by atoms with Crippen LogP contribution in [0.3, 0.4) is 0 Å². The topological polar surface area (TPSA) is 104 Å². The van der Waals surface area contributed by atoms with Gasteiger partial charge in [0.2, 0.25) is 0 Å². The van der Waals surface area contributed by atoms with Crippen LogP contribution in [0.5, 0.6) is 0 Å². The molecule has 0 aliphatic heterocycles. The molecular formula is C9H9ClN6S. The summed E-state index contributed by atoms with van der Waals surface area (Å²) in [6.07, 6.45) is 3.09. The molecule has 2 rings (SSSR count). The largest absolute Gasteiger partial charge is 0.383 e. The zero-order valence-electron chi connectivity index (χ0n) is 8.67. The van der Waals surface area contributed by atoms with Crippen LogP contribution in [-0.2, 0) is 5.75 Å². The van der Waals surface area contributed by atoms with E-state index < -0.39 is 0 Å². The van der Waals surface area contributed by atoms with Crippen LogP contribution in [0.25, 0.3) is 0 Å². The zero-order chi connectivity index (χ0) is 12.3. The predicted octanol–water partition coefficient (Wildman–Crippen LogP) is 1.38. The van der Waals surface area contributed by atoms with Crippen LogP contribution in [0, 0.1) is 0 Å². The van der Waals surface area contributed by atoms with E-state index >= 15 is 0 Å². The third-order valence-corrected chi connectivity index (χ3v) is 2.84. The first kappa shape index (κ1) is 11.9. The Hall–Kier alpha value is -1.60. The van der Waals surface area contributed by atoms with Crippen LogP contribution < -0.4 is 11.5 Å². The Morgan fingerprint density at radius 2 is 1.82 bits per heavy atom. The van der Waals surface area contributed by atoms with Crippen molar-refractivity contribution in [1.29, 1.82) is 0 Å². The summed E-state index contributed by atoms with van der Waals surface area (Å²) in [6.45, 7) is 0. The number of aromatic nitrogens is 4. The van der Waals surface area contributed by atoms with Crippen LogP contribution in [0.2, 0.25) is 5.15 Å². The number of halogens is 1. The minimum Gasteiger partial charge on any atom is -0.383 e. The molecule has 0 unspecified atom stereocenters. The quantitative estimate of drug-likeness (QED) is 0.640. The fourth-order valence-corrected chi connectivity index (χ4v) is 1.94. The second-order valence-corrected chi connectivity index (χ2v) is 4.45. The second-order valence-electron chi connectivity index (χ2n) is 3.12. The van der Waals surface area contributed by atoms with Crippen molar-refractivity contribution in [3.63, 3.8) is 0 Å². The molecule has 0 saturated heterocycles. The van der Waals surface area contributed by atoms with Crippen molar-refractivity contribution in [3.8, 4) is 0 Å². The van der Waals surface area contributed by atoms with E-state index in [0.29, 0.717) is 27.7 Å². The van der Waals surface area contributed by atoms with Gasteiger partial charge in [-0.15, -0.1) is 0 Å². The second kappa shape index (κ2) is 5.15. The molecule has 8 heteroatoms. The van der Waals surface area contributed by atoms with Crippen molar-refractivity contribution < 1.29 is 0 Å². The van der Waals surface area contributed by atoms with Gasteiger partial charge in [-0.25, -0.2) is 15.0 Å². The number of hydrogen-bond acceptors (Lipinski definition) is 7. The zero-order valence-corrected chi connectivity index (χ0v) is 10.2. The molecule has 88 valence electrons. The van der Waals surface area contributed by atoms with Crippen LogP contribution in [-0.4, -0.2) is 19.9 Å². The summed E-state index contributed by atoms with van der Waals surface area (Å²) in [5.41, 5.74) is 11.9. The average molecular weight is 269 g/mol. The van der Waals surface area contributed by atoms with Gasteiger partial charge in [0.15, 0.2) is 5.16 Å². The molecule has 17 heavy (non-hydrogen) atoms. The minimum absolute atomic E-state index is 0.349. The van der Waals surface area contributed by atoms with E-state index in [1.165, 1.54) is 24.0 Å². The van der Waals surface area contributed by atoms with Crippen LogP contribution in [0.1, 0.15) is 5.69 Å². The van der Waals surface area contributed by atoms with Gasteiger partial charge in [0.1, 0.15) is 16.8 Å². The molecule has 0 radical (unpaired) electrons. The molecule has 0 bridgehead atoms. The molecule has 0 aliphatic rings. The number of nitrogens with two attached hydrogens (primary N) is 2. The van der Waals surface area contributed by atoms with Crippen molar-refractivity contribution in [1.82, 2.24) is 19.9 Å². The highest BCUT2D eigenvalue weighted by atomic mass is 35.5. The first-order valence-electron chi connectivity index (χ1n) is 4.63. The summed E-state index contributed by atoms with van der Waals surface area (Å²) in [7, 11) is 0. The first-order chi connectivity index (χ1) is 8.13. The standard InChI is InChI=1S/C9H9ClN6S/c10-6-3-13-5(2-14-6)4-17-9-15-7(11)1-8(12)16-9/h1-3H,4H2,(H4,11,12,15,16). The fraction of sp³-hybridized carbons (Fsp3) is 0.111. The molecule has 0 saturated carbocycles. The van der Waals surface area contributed by atoms with Gasteiger partial charge in [0, 0.05) is 11.8 Å². The number of rotatable bonds is 3. The summed E-state index contributed by atoms with van der Waals surface area (Å²) in [5.74, 6) is 1.27. The van der Waals surface area contributed by atoms with Gasteiger partial charge in [-0.1, -0.05) is 23.4 Å². The molecular weight excluding hydrogens is 260 g/mol. The Labute approximate surface area is 107 Å². The molecule has 6 nitrogen and oxygen atoms in total. The smallest absolute Gasteiger partial charge is 0.191 e. The number of anilines is 2. The van der Waals surface area contributed by atoms with Gasteiger partial charge in [-0.05, 0) is 0 Å². The van der Waals surface area contributed by atoms with Gasteiger partial charge >= 0.3 is 0 Å². The summed E-state index contributed by atoms with van der Waals surface area (Å²) < 4.78 is 0. The van der Waals surface area contributed by atoms with E-state index in [1.807, 2.05) is 0 Å². The van der Waals surface area contributed by atoms with Gasteiger partial charge < -0.3 is 11.5 Å². The summed E-state index contributed by atoms with van der Waals surface area (Å²) >= 11 is 7.01. The highest BCUT2D eigenvalue weighted by Crippen LogP contribution is 2.20. The van der Waals surface area contributed by atoms with E-state index in [2.05, 4.69) is 19.9 Å². The van der Waals surface area contributed by atoms with Gasteiger partial charge in [-0.2, -0.15) is 0 Å². The maximum absolute atomic E-state index is 5.63. The lowest BCUT2D eigenvalue weighted by molar-refractivity contribution is 0.980. The van der Waals surface area contributed by atoms with Crippen LogP contribution >= 0.6 is 23.4 Å². The molecule has 2 aromatic heterocycles. The Morgan fingerprint density at radius 1 is 1.12 bits per heavy atom. The van der Waals surface area contributed by atoms with Gasteiger partial charge in [-0.3, -0.25) is 4.98 Å². The molecule has 2 aromatic rings. The molecule has 0 spiro atoms. The Balaban J connectivity index is 2.04. The molecule has 4 N–H and O–H groups in total. The fourth-order valence-electron chi connectivity index (χ4n) is 1.08. The van der Waals surface area contributed by atoms with Crippen LogP contribution in [0.15, 0.2) is 23.6 Å². The molecule has 0 atom stereocenters. The third-order valence-electron chi connectivity index (χ3n) is 1.77. The Bertz CT molecular complexity index is 497. The molecule has 2 heterocycles. The lowest BCUT2D eigenvalue weighted by atomic mass is 10.5. The summed E-state index contributed by atoms with van der Waals surface area (Å²) in [6, 6.07) is 1.51. The number of nitrogens with zero attached hydrogens (tertiary/aromatic N) is 4. The van der Waals surface area contributed by atoms with Crippen molar-refractivity contribution in [2.24, 2.45) is 0 Å². The minimum atomic E-state index is 0.349. The molecule has 0 aromatic carbocycles. The van der Waals surface area contributed by atoms with E-state index in [9.17, 15) is 0 Å². The highest BCUT2D eigenvalue weighted by Gasteiger charge is 2.03. The lowest BCUT2D eigenvalue weighted by Gasteiger charge is -2.02. The molecule has 0 fully saturated rings. The highest BCUT2D eigenvalue weighted by molar-refractivity contribution is 7.98. The van der Waals surface area contributed by atoms with Crippen molar-refractivity contribution in [2.45, 2.75) is 10.9 Å². The van der Waals surface area contributed by atoms with Gasteiger partial charge in [0.25, 0.3) is 0 Å². The maximum atomic E-state index is 5.63. The average Bonchev–Trinajstić information content (AvgIpc) is 2.27. The summed E-state index contributed by atoms with van der Waals surface area (Å²) in [4.78, 5) is 16.1. The lowest BCUT2D eigenvalue weighted by Crippen LogP contribution is -1.99. The Kier molecular flexibility index (Phi) is 3.60. The third kappa shape index (κ3) is 3.43. The molecule has 0 aliphatic carbocycles. The monoisotopic (exact) mass is 268 g/mol. The maximum Gasteiger partial charge on any atom is 0.191 e. The van der Waals surface area contributed by atoms with E-state index in [1.54, 1.807) is 6.20 Å². The normalized spacial score (nSPS) is 10.4. The van der Waals surface area contributed by atoms with Crippen molar-refractivity contribution >= 4 is 35.0 Å². The number of nitrogen functional groups attached to an aromatic ring is 2. The molecule has 0 amide bonds. The SMILES string of the molecule is Nc1cc(N)nc(SCc2cnc(Cl)cn2)n1. The van der Waals surface area contributed by atoms with E-state index in [4.69, 9.17) is 23.1 Å². The number of hydrogen-bond donors (Lipinski definition) is 2. The predicted molar refractivity (Wildman–Crippen MR) is 67.5 cm³/mol. The summed E-state index contributed by atoms with van der Waals surface area (Å²) in [5, 5.41) is 0.877. The van der Waals surface area contributed by atoms with Crippen molar-refractivity contribution in [2.75, 3.05) is 11.5 Å². The van der Waals surface area contributed by atoms with Gasteiger partial charge in [0.05, 0.1) is 18.1 Å². The Morgan fingerprint density at radius 3 is 2.41 bits per heavy atom. The van der Waals surface area contributed by atoms with Crippen molar-refractivity contribution in [3.05, 3.63) is 29.3 Å².